The van der Waals surface area contributed by atoms with Gasteiger partial charge in [-0.2, -0.15) is 5.26 Å². The molecule has 3 nitrogen and oxygen atoms in total. The van der Waals surface area contributed by atoms with Crippen molar-refractivity contribution in [1.82, 2.24) is 0 Å². The predicted octanol–water partition coefficient (Wildman–Crippen LogP) is 4.34. The molecule has 0 heterocycles. The van der Waals surface area contributed by atoms with Gasteiger partial charge in [-0.1, -0.05) is 30.7 Å². The summed E-state index contributed by atoms with van der Waals surface area (Å²) in [6.07, 6.45) is 6.50. The van der Waals surface area contributed by atoms with Crippen molar-refractivity contribution >= 4 is 11.3 Å². The Morgan fingerprint density at radius 3 is 2.95 bits per heavy atom. The molecule has 22 heavy (non-hydrogen) atoms. The van der Waals surface area contributed by atoms with Gasteiger partial charge in [0.05, 0.1) is 24.9 Å². The van der Waals surface area contributed by atoms with Crippen LogP contribution in [-0.4, -0.2) is 12.3 Å². The van der Waals surface area contributed by atoms with E-state index in [2.05, 4.69) is 18.2 Å². The van der Waals surface area contributed by atoms with Crippen LogP contribution in [0.2, 0.25) is 0 Å². The third kappa shape index (κ3) is 2.23. The van der Waals surface area contributed by atoms with Crippen molar-refractivity contribution in [2.45, 2.75) is 39.0 Å². The van der Waals surface area contributed by atoms with E-state index in [1.807, 2.05) is 19.1 Å². The number of nitrogens with zero attached hydrogens (tertiary/aromatic N) is 1. The van der Waals surface area contributed by atoms with Crippen LogP contribution in [0.1, 0.15) is 43.7 Å². The van der Waals surface area contributed by atoms with Gasteiger partial charge in [0.25, 0.3) is 0 Å². The molecule has 1 spiro atoms. The molecular formula is C19H22N2O. The zero-order valence-electron chi connectivity index (χ0n) is 13.1. The van der Waals surface area contributed by atoms with Gasteiger partial charge >= 0.3 is 0 Å². The fraction of sp³-hybridized carbons (Fsp3) is 0.474. The number of nitriles is 1. The molecule has 1 aromatic rings. The van der Waals surface area contributed by atoms with E-state index in [4.69, 9.17) is 10.1 Å². The lowest BCUT2D eigenvalue weighted by Crippen LogP contribution is -2.45. The van der Waals surface area contributed by atoms with E-state index in [-0.39, 0.29) is 11.3 Å². The Balaban J connectivity index is 2.16. The summed E-state index contributed by atoms with van der Waals surface area (Å²) in [5.41, 5.74) is 3.74. The van der Waals surface area contributed by atoms with Crippen molar-refractivity contribution in [3.63, 3.8) is 0 Å². The molecule has 0 bridgehead atoms. The van der Waals surface area contributed by atoms with Crippen molar-refractivity contribution in [3.8, 4) is 6.07 Å². The predicted molar refractivity (Wildman–Crippen MR) is 87.5 cm³/mol. The second-order valence-corrected chi connectivity index (χ2v) is 6.27. The summed E-state index contributed by atoms with van der Waals surface area (Å²) in [5, 5.41) is 18.4. The monoisotopic (exact) mass is 294 g/mol. The molecule has 114 valence electrons. The Hall–Kier alpha value is -2.08. The molecule has 2 aliphatic carbocycles. The highest BCUT2D eigenvalue weighted by atomic mass is 16.5. The van der Waals surface area contributed by atoms with Crippen molar-refractivity contribution in [2.24, 2.45) is 11.3 Å². The van der Waals surface area contributed by atoms with E-state index < -0.39 is 0 Å². The van der Waals surface area contributed by atoms with Crippen molar-refractivity contribution < 1.29 is 4.74 Å². The van der Waals surface area contributed by atoms with Gasteiger partial charge in [0.2, 0.25) is 0 Å². The number of hydrogen-bond acceptors (Lipinski definition) is 3. The highest BCUT2D eigenvalue weighted by Crippen LogP contribution is 2.52. The quantitative estimate of drug-likeness (QED) is 0.825. The Morgan fingerprint density at radius 2 is 2.23 bits per heavy atom. The van der Waals surface area contributed by atoms with Gasteiger partial charge in [0, 0.05) is 16.7 Å². The summed E-state index contributed by atoms with van der Waals surface area (Å²) in [6, 6.07) is 10.8. The van der Waals surface area contributed by atoms with E-state index in [1.54, 1.807) is 6.26 Å². The average molecular weight is 294 g/mol. The third-order valence-corrected chi connectivity index (χ3v) is 5.10. The van der Waals surface area contributed by atoms with Gasteiger partial charge in [-0.25, -0.2) is 0 Å². The van der Waals surface area contributed by atoms with E-state index in [1.165, 1.54) is 5.56 Å². The Morgan fingerprint density at radius 1 is 1.41 bits per heavy atom. The Bertz CT molecular complexity index is 656. The smallest absolute Gasteiger partial charge is 0.0880 e. The first kappa shape index (κ1) is 14.8. The van der Waals surface area contributed by atoms with Gasteiger partial charge < -0.3 is 10.1 Å². The van der Waals surface area contributed by atoms with E-state index in [0.717, 1.165) is 49.0 Å². The molecule has 0 saturated heterocycles. The number of benzene rings is 1. The first-order chi connectivity index (χ1) is 10.7. The van der Waals surface area contributed by atoms with Crippen LogP contribution in [0, 0.1) is 28.1 Å². The second kappa shape index (κ2) is 5.96. The third-order valence-electron chi connectivity index (χ3n) is 5.10. The van der Waals surface area contributed by atoms with Crippen molar-refractivity contribution in [3.05, 3.63) is 41.7 Å². The van der Waals surface area contributed by atoms with Gasteiger partial charge in [-0.05, 0) is 43.7 Å². The first-order valence-electron chi connectivity index (χ1n) is 8.10. The molecule has 2 aliphatic rings. The Labute approximate surface area is 132 Å². The molecule has 3 heteroatoms. The molecule has 0 aliphatic heterocycles. The van der Waals surface area contributed by atoms with E-state index >= 15 is 0 Å². The van der Waals surface area contributed by atoms with Crippen LogP contribution in [0.3, 0.4) is 0 Å². The fourth-order valence-electron chi connectivity index (χ4n) is 4.00. The largest absolute Gasteiger partial charge is 0.501 e. The molecule has 0 amide bonds. The standard InChI is InChI=1S/C19H22N2O/c1-2-22-13-16-15-8-4-3-7-14(15)11-19(17(16)12-20)10-6-5-9-18(19)21/h3-4,7-8,13,17,21H,2,5-6,9-11H2,1H3. The summed E-state index contributed by atoms with van der Waals surface area (Å²) >= 11 is 0. The number of rotatable bonds is 2. The SMILES string of the molecule is CCOC=C1c2ccccc2CC2(CCCCC2=N)C1C#N. The Kier molecular flexibility index (Phi) is 4.02. The maximum atomic E-state index is 9.88. The van der Waals surface area contributed by atoms with Crippen LogP contribution in [-0.2, 0) is 11.2 Å². The van der Waals surface area contributed by atoms with Crippen LogP contribution < -0.4 is 0 Å². The second-order valence-electron chi connectivity index (χ2n) is 6.27. The lowest BCUT2D eigenvalue weighted by molar-refractivity contribution is 0.256. The highest BCUT2D eigenvalue weighted by Gasteiger charge is 2.49. The van der Waals surface area contributed by atoms with Gasteiger partial charge in [-0.15, -0.1) is 0 Å². The van der Waals surface area contributed by atoms with E-state index in [9.17, 15) is 5.26 Å². The molecule has 2 unspecified atom stereocenters. The van der Waals surface area contributed by atoms with Crippen molar-refractivity contribution in [2.75, 3.05) is 6.61 Å². The minimum atomic E-state index is -0.329. The summed E-state index contributed by atoms with van der Waals surface area (Å²) in [7, 11) is 0. The number of hydrogen-bond donors (Lipinski definition) is 1. The molecular weight excluding hydrogens is 272 g/mol. The van der Waals surface area contributed by atoms with E-state index in [0.29, 0.717) is 6.61 Å². The zero-order valence-corrected chi connectivity index (χ0v) is 13.1. The molecule has 3 rings (SSSR count). The van der Waals surface area contributed by atoms with Crippen LogP contribution in [0.5, 0.6) is 0 Å². The molecule has 1 aromatic carbocycles. The molecule has 2 atom stereocenters. The van der Waals surface area contributed by atoms with Crippen LogP contribution in [0.25, 0.3) is 5.57 Å². The zero-order chi connectivity index (χ0) is 15.6. The van der Waals surface area contributed by atoms with Crippen LogP contribution >= 0.6 is 0 Å². The summed E-state index contributed by atoms with van der Waals surface area (Å²) in [5.74, 6) is -0.276. The maximum absolute atomic E-state index is 9.88. The minimum absolute atomic E-state index is 0.276. The summed E-state index contributed by atoms with van der Waals surface area (Å²) < 4.78 is 5.55. The average Bonchev–Trinajstić information content (AvgIpc) is 2.55. The molecule has 0 aromatic heterocycles. The number of nitrogens with one attached hydrogen (secondary N) is 1. The first-order valence-corrected chi connectivity index (χ1v) is 8.10. The van der Waals surface area contributed by atoms with Crippen LogP contribution in [0.4, 0.5) is 0 Å². The molecule has 1 saturated carbocycles. The van der Waals surface area contributed by atoms with Crippen molar-refractivity contribution in [1.29, 1.82) is 10.7 Å². The topological polar surface area (TPSA) is 56.9 Å². The summed E-state index contributed by atoms with van der Waals surface area (Å²) in [4.78, 5) is 0. The summed E-state index contributed by atoms with van der Waals surface area (Å²) in [6.45, 7) is 2.54. The molecule has 1 fully saturated rings. The highest BCUT2D eigenvalue weighted by molar-refractivity contribution is 5.93. The number of fused-ring (bicyclic) bond motifs is 1. The minimum Gasteiger partial charge on any atom is -0.501 e. The maximum Gasteiger partial charge on any atom is 0.0880 e. The van der Waals surface area contributed by atoms with Gasteiger partial charge in [0.1, 0.15) is 0 Å². The lowest BCUT2D eigenvalue weighted by Gasteiger charge is -2.45. The van der Waals surface area contributed by atoms with Crippen LogP contribution in [0.15, 0.2) is 30.5 Å². The number of allylic oxidation sites excluding steroid dienone is 1. The lowest BCUT2D eigenvalue weighted by atomic mass is 9.56. The molecule has 1 N–H and O–H groups in total. The number of ether oxygens (including phenoxy) is 1. The van der Waals surface area contributed by atoms with Gasteiger partial charge in [0.15, 0.2) is 0 Å². The molecule has 0 radical (unpaired) electrons. The normalized spacial score (nSPS) is 29.2. The van der Waals surface area contributed by atoms with Gasteiger partial charge in [-0.3, -0.25) is 0 Å². The fourth-order valence-corrected chi connectivity index (χ4v) is 4.00.